The van der Waals surface area contributed by atoms with Crippen molar-refractivity contribution in [3.63, 3.8) is 0 Å². The number of hydrogen-bond donors (Lipinski definition) is 3. The highest BCUT2D eigenvalue weighted by molar-refractivity contribution is 7.89. The lowest BCUT2D eigenvalue weighted by atomic mass is 10.3. The molecule has 0 atom stereocenters. The van der Waals surface area contributed by atoms with Gasteiger partial charge in [0.1, 0.15) is 0 Å². The summed E-state index contributed by atoms with van der Waals surface area (Å²) in [6, 6.07) is 3.28. The Balaban J connectivity index is 1.96. The van der Waals surface area contributed by atoms with Crippen LogP contribution in [0.4, 0.5) is 0 Å². The lowest BCUT2D eigenvalue weighted by Gasteiger charge is -2.06. The summed E-state index contributed by atoms with van der Waals surface area (Å²) in [4.78, 5) is 4.02. The van der Waals surface area contributed by atoms with Gasteiger partial charge in [0, 0.05) is 31.0 Å². The van der Waals surface area contributed by atoms with Gasteiger partial charge >= 0.3 is 0 Å². The maximum absolute atomic E-state index is 12.1. The predicted octanol–water partition coefficient (Wildman–Crippen LogP) is 0.783. The van der Waals surface area contributed by atoms with Gasteiger partial charge in [0.05, 0.1) is 6.20 Å². The molecule has 0 amide bonds. The quantitative estimate of drug-likeness (QED) is 0.626. The lowest BCUT2D eigenvalue weighted by molar-refractivity contribution is 0.577. The summed E-state index contributed by atoms with van der Waals surface area (Å²) in [6.07, 6.45) is 5.84. The third kappa shape index (κ3) is 4.62. The van der Waals surface area contributed by atoms with Crippen molar-refractivity contribution in [3.05, 3.63) is 41.9 Å². The van der Waals surface area contributed by atoms with Crippen molar-refractivity contribution in [3.8, 4) is 0 Å². The van der Waals surface area contributed by atoms with Crippen LogP contribution >= 0.6 is 0 Å². The molecule has 0 fully saturated rings. The zero-order chi connectivity index (χ0) is 15.1. The molecule has 2 aromatic rings. The predicted molar refractivity (Wildman–Crippen MR) is 78.8 cm³/mol. The molecular weight excluding hydrogens is 290 g/mol. The Morgan fingerprint density at radius 2 is 2.05 bits per heavy atom. The van der Waals surface area contributed by atoms with E-state index in [0.29, 0.717) is 6.54 Å². The first-order valence-corrected chi connectivity index (χ1v) is 8.23. The Bertz CT molecular complexity index is 638. The molecule has 0 aliphatic rings. The Morgan fingerprint density at radius 1 is 1.19 bits per heavy atom. The van der Waals surface area contributed by atoms with Crippen molar-refractivity contribution < 1.29 is 8.42 Å². The van der Waals surface area contributed by atoms with E-state index in [1.54, 1.807) is 24.7 Å². The molecule has 21 heavy (non-hydrogen) atoms. The van der Waals surface area contributed by atoms with Gasteiger partial charge in [-0.2, -0.15) is 5.10 Å². The van der Waals surface area contributed by atoms with Gasteiger partial charge in [-0.1, -0.05) is 13.0 Å². The molecule has 7 nitrogen and oxygen atoms in total. The van der Waals surface area contributed by atoms with E-state index in [0.717, 1.165) is 24.1 Å². The number of aromatic nitrogens is 3. The monoisotopic (exact) mass is 309 g/mol. The molecule has 2 heterocycles. The van der Waals surface area contributed by atoms with E-state index in [1.165, 1.54) is 6.07 Å². The molecule has 0 bridgehead atoms. The van der Waals surface area contributed by atoms with Crippen LogP contribution in [0.2, 0.25) is 0 Å². The van der Waals surface area contributed by atoms with E-state index in [4.69, 9.17) is 0 Å². The fourth-order valence-electron chi connectivity index (χ4n) is 1.71. The zero-order valence-electron chi connectivity index (χ0n) is 11.8. The summed E-state index contributed by atoms with van der Waals surface area (Å²) in [7, 11) is -3.60. The SMILES string of the molecule is CCCNCc1ccc(S(=O)(=O)NCc2cn[nH]c2)nc1. The van der Waals surface area contributed by atoms with Crippen molar-refractivity contribution in [1.29, 1.82) is 0 Å². The van der Waals surface area contributed by atoms with Crippen molar-refractivity contribution >= 4 is 10.0 Å². The largest absolute Gasteiger partial charge is 0.313 e. The normalized spacial score (nSPS) is 11.7. The molecule has 0 radical (unpaired) electrons. The highest BCUT2D eigenvalue weighted by atomic mass is 32.2. The number of nitrogens with one attached hydrogen (secondary N) is 3. The fourth-order valence-corrected chi connectivity index (χ4v) is 2.65. The summed E-state index contributed by atoms with van der Waals surface area (Å²) >= 11 is 0. The summed E-state index contributed by atoms with van der Waals surface area (Å²) in [5.41, 5.74) is 1.72. The van der Waals surface area contributed by atoms with Crippen LogP contribution in [0, 0.1) is 0 Å². The van der Waals surface area contributed by atoms with Gasteiger partial charge in [0.25, 0.3) is 10.0 Å². The number of aromatic amines is 1. The maximum atomic E-state index is 12.1. The second-order valence-corrected chi connectivity index (χ2v) is 6.33. The molecule has 0 aromatic carbocycles. The van der Waals surface area contributed by atoms with Gasteiger partial charge in [-0.15, -0.1) is 0 Å². The van der Waals surface area contributed by atoms with Crippen molar-refractivity contribution in [2.24, 2.45) is 0 Å². The molecule has 0 spiro atoms. The average molecular weight is 309 g/mol. The Labute approximate surface area is 124 Å². The van der Waals surface area contributed by atoms with E-state index < -0.39 is 10.0 Å². The Kier molecular flexibility index (Phi) is 5.43. The number of rotatable bonds is 8. The molecule has 2 rings (SSSR count). The molecule has 2 aromatic heterocycles. The van der Waals surface area contributed by atoms with E-state index >= 15 is 0 Å². The standard InChI is InChI=1S/C13H19N5O2S/c1-2-5-14-6-11-3-4-13(15-7-11)21(19,20)18-10-12-8-16-17-9-12/h3-4,7-9,14,18H,2,5-6,10H2,1H3,(H,16,17). The van der Waals surface area contributed by atoms with Gasteiger partial charge in [0.2, 0.25) is 0 Å². The molecule has 8 heteroatoms. The molecule has 0 aliphatic heterocycles. The van der Waals surface area contributed by atoms with Crippen LogP contribution in [-0.4, -0.2) is 30.1 Å². The smallest absolute Gasteiger partial charge is 0.258 e. The van der Waals surface area contributed by atoms with Crippen LogP contribution in [0.5, 0.6) is 0 Å². The van der Waals surface area contributed by atoms with Gasteiger partial charge < -0.3 is 5.32 Å². The first-order chi connectivity index (χ1) is 10.1. The first-order valence-electron chi connectivity index (χ1n) is 6.75. The van der Waals surface area contributed by atoms with Gasteiger partial charge in [-0.3, -0.25) is 5.10 Å². The minimum absolute atomic E-state index is 0.0187. The summed E-state index contributed by atoms with van der Waals surface area (Å²) < 4.78 is 26.6. The molecule has 3 N–H and O–H groups in total. The molecule has 0 saturated carbocycles. The Hall–Kier alpha value is -1.77. The Morgan fingerprint density at radius 3 is 2.67 bits per heavy atom. The second kappa shape index (κ2) is 7.30. The molecule has 0 unspecified atom stereocenters. The third-order valence-electron chi connectivity index (χ3n) is 2.85. The van der Waals surface area contributed by atoms with Gasteiger partial charge in [-0.05, 0) is 24.6 Å². The number of pyridine rings is 1. The topological polar surface area (TPSA) is 99.8 Å². The van der Waals surface area contributed by atoms with E-state index in [2.05, 4.69) is 32.1 Å². The van der Waals surface area contributed by atoms with Crippen molar-refractivity contribution in [2.75, 3.05) is 6.54 Å². The maximum Gasteiger partial charge on any atom is 0.258 e. The highest BCUT2D eigenvalue weighted by Gasteiger charge is 2.15. The minimum atomic E-state index is -3.60. The number of hydrogen-bond acceptors (Lipinski definition) is 5. The van der Waals surface area contributed by atoms with Crippen LogP contribution in [-0.2, 0) is 23.1 Å². The molecule has 0 aliphatic carbocycles. The lowest BCUT2D eigenvalue weighted by Crippen LogP contribution is -2.24. The highest BCUT2D eigenvalue weighted by Crippen LogP contribution is 2.07. The van der Waals surface area contributed by atoms with Crippen molar-refractivity contribution in [2.45, 2.75) is 31.5 Å². The minimum Gasteiger partial charge on any atom is -0.313 e. The van der Waals surface area contributed by atoms with Crippen LogP contribution < -0.4 is 10.0 Å². The molecule has 114 valence electrons. The average Bonchev–Trinajstić information content (AvgIpc) is 3.00. The second-order valence-electron chi connectivity index (χ2n) is 4.61. The number of nitrogens with zero attached hydrogens (tertiary/aromatic N) is 2. The fraction of sp³-hybridized carbons (Fsp3) is 0.385. The van der Waals surface area contributed by atoms with Crippen LogP contribution in [0.3, 0.4) is 0 Å². The van der Waals surface area contributed by atoms with E-state index in [-0.39, 0.29) is 11.6 Å². The van der Waals surface area contributed by atoms with E-state index in [1.807, 2.05) is 0 Å². The summed E-state index contributed by atoms with van der Waals surface area (Å²) in [5.74, 6) is 0. The van der Waals surface area contributed by atoms with Crippen LogP contribution in [0.1, 0.15) is 24.5 Å². The van der Waals surface area contributed by atoms with Crippen LogP contribution in [0.25, 0.3) is 0 Å². The molecule has 0 saturated heterocycles. The van der Waals surface area contributed by atoms with Gasteiger partial charge in [-0.25, -0.2) is 18.1 Å². The summed E-state index contributed by atoms with van der Waals surface area (Å²) in [5, 5.41) is 9.65. The number of H-pyrrole nitrogens is 1. The first kappa shape index (κ1) is 15.6. The zero-order valence-corrected chi connectivity index (χ0v) is 12.7. The van der Waals surface area contributed by atoms with Gasteiger partial charge in [0.15, 0.2) is 5.03 Å². The third-order valence-corrected chi connectivity index (χ3v) is 4.17. The van der Waals surface area contributed by atoms with E-state index in [9.17, 15) is 8.42 Å². The van der Waals surface area contributed by atoms with Crippen LogP contribution in [0.15, 0.2) is 35.7 Å². The molecular formula is C13H19N5O2S. The summed E-state index contributed by atoms with van der Waals surface area (Å²) in [6.45, 7) is 3.88. The number of sulfonamides is 1. The van der Waals surface area contributed by atoms with Crippen molar-refractivity contribution in [1.82, 2.24) is 25.2 Å².